The number of ether oxygens (including phenoxy) is 3. The lowest BCUT2D eigenvalue weighted by Crippen LogP contribution is -2.20. The van der Waals surface area contributed by atoms with E-state index >= 15 is 0 Å². The molecule has 21 heavy (non-hydrogen) atoms. The van der Waals surface area contributed by atoms with Gasteiger partial charge >= 0.3 is 0 Å². The highest BCUT2D eigenvalue weighted by Gasteiger charge is 2.06. The van der Waals surface area contributed by atoms with E-state index in [0.29, 0.717) is 44.4 Å². The molecule has 6 heteroatoms. The molecule has 1 aromatic carbocycles. The van der Waals surface area contributed by atoms with Crippen molar-refractivity contribution in [3.05, 3.63) is 23.8 Å². The molecule has 0 bridgehead atoms. The highest BCUT2D eigenvalue weighted by Crippen LogP contribution is 2.28. The highest BCUT2D eigenvalue weighted by atomic mass is 16.5. The van der Waals surface area contributed by atoms with E-state index < -0.39 is 0 Å². The van der Waals surface area contributed by atoms with Crippen LogP contribution >= 0.6 is 0 Å². The van der Waals surface area contributed by atoms with Gasteiger partial charge in [-0.1, -0.05) is 6.07 Å². The van der Waals surface area contributed by atoms with Gasteiger partial charge in [0.05, 0.1) is 33.0 Å². The van der Waals surface area contributed by atoms with Crippen LogP contribution in [0, 0.1) is 0 Å². The van der Waals surface area contributed by atoms with Crippen LogP contribution in [0.3, 0.4) is 0 Å². The predicted octanol–water partition coefficient (Wildman–Crippen LogP) is 0.555. The van der Waals surface area contributed by atoms with Crippen molar-refractivity contribution in [2.24, 2.45) is 0 Å². The van der Waals surface area contributed by atoms with Crippen molar-refractivity contribution in [1.29, 1.82) is 0 Å². The summed E-state index contributed by atoms with van der Waals surface area (Å²) >= 11 is 0. The van der Waals surface area contributed by atoms with Crippen molar-refractivity contribution in [2.45, 2.75) is 13.5 Å². The van der Waals surface area contributed by atoms with Crippen molar-refractivity contribution in [3.63, 3.8) is 0 Å². The lowest BCUT2D eigenvalue weighted by atomic mass is 10.2. The standard InChI is InChI=1S/C15H25NO5/c1-2-20-15-11-13(3-4-14(15)21-10-7-18)12-16-5-8-19-9-6-17/h3-4,11,16-18H,2,5-10,12H2,1H3. The van der Waals surface area contributed by atoms with Crippen molar-refractivity contribution in [1.82, 2.24) is 5.32 Å². The second kappa shape index (κ2) is 11.3. The first kappa shape index (κ1) is 17.7. The Balaban J connectivity index is 2.45. The van der Waals surface area contributed by atoms with Gasteiger partial charge in [0.1, 0.15) is 6.61 Å². The molecule has 0 radical (unpaired) electrons. The Hall–Kier alpha value is -1.34. The Kier molecular flexibility index (Phi) is 9.56. The molecule has 0 aliphatic rings. The van der Waals surface area contributed by atoms with E-state index in [2.05, 4.69) is 5.32 Å². The zero-order chi connectivity index (χ0) is 15.3. The first-order chi connectivity index (χ1) is 10.3. The fourth-order valence-electron chi connectivity index (χ4n) is 1.75. The predicted molar refractivity (Wildman–Crippen MR) is 79.8 cm³/mol. The lowest BCUT2D eigenvalue weighted by molar-refractivity contribution is 0.0938. The van der Waals surface area contributed by atoms with Gasteiger partial charge in [0.2, 0.25) is 0 Å². The minimum absolute atomic E-state index is 0.0251. The number of aliphatic hydroxyl groups excluding tert-OH is 2. The molecule has 0 saturated heterocycles. The molecule has 0 atom stereocenters. The van der Waals surface area contributed by atoms with Crippen molar-refractivity contribution >= 4 is 0 Å². The maximum Gasteiger partial charge on any atom is 0.161 e. The topological polar surface area (TPSA) is 80.2 Å². The monoisotopic (exact) mass is 299 g/mol. The van der Waals surface area contributed by atoms with Crippen molar-refractivity contribution < 1.29 is 24.4 Å². The maximum atomic E-state index is 8.80. The van der Waals surface area contributed by atoms with E-state index in [0.717, 1.165) is 5.56 Å². The first-order valence-electron chi connectivity index (χ1n) is 7.20. The average Bonchev–Trinajstić information content (AvgIpc) is 2.50. The van der Waals surface area contributed by atoms with Crippen LogP contribution in [0.5, 0.6) is 11.5 Å². The van der Waals surface area contributed by atoms with Crippen LogP contribution in [0.25, 0.3) is 0 Å². The van der Waals surface area contributed by atoms with Crippen LogP contribution < -0.4 is 14.8 Å². The largest absolute Gasteiger partial charge is 0.490 e. The fourth-order valence-corrected chi connectivity index (χ4v) is 1.75. The summed E-state index contributed by atoms with van der Waals surface area (Å²) in [5.41, 5.74) is 1.08. The number of benzene rings is 1. The molecular weight excluding hydrogens is 274 g/mol. The molecule has 0 amide bonds. The fraction of sp³-hybridized carbons (Fsp3) is 0.600. The quantitative estimate of drug-likeness (QED) is 0.489. The van der Waals surface area contributed by atoms with Crippen LogP contribution in [0.1, 0.15) is 12.5 Å². The van der Waals surface area contributed by atoms with Gasteiger partial charge in [-0.15, -0.1) is 0 Å². The van der Waals surface area contributed by atoms with Gasteiger partial charge in [-0.05, 0) is 24.6 Å². The molecule has 6 nitrogen and oxygen atoms in total. The first-order valence-corrected chi connectivity index (χ1v) is 7.20. The molecule has 120 valence electrons. The minimum Gasteiger partial charge on any atom is -0.490 e. The molecule has 0 heterocycles. The summed E-state index contributed by atoms with van der Waals surface area (Å²) in [5, 5.41) is 20.6. The van der Waals surface area contributed by atoms with Gasteiger partial charge in [-0.25, -0.2) is 0 Å². The van der Waals surface area contributed by atoms with Crippen molar-refractivity contribution in [3.8, 4) is 11.5 Å². The molecule has 0 spiro atoms. The van der Waals surface area contributed by atoms with E-state index in [1.807, 2.05) is 25.1 Å². The number of hydrogen-bond acceptors (Lipinski definition) is 6. The van der Waals surface area contributed by atoms with Crippen LogP contribution in [-0.2, 0) is 11.3 Å². The smallest absolute Gasteiger partial charge is 0.161 e. The maximum absolute atomic E-state index is 8.80. The second-order valence-electron chi connectivity index (χ2n) is 4.30. The van der Waals surface area contributed by atoms with Gasteiger partial charge in [-0.2, -0.15) is 0 Å². The molecule has 0 aliphatic heterocycles. The molecule has 0 saturated carbocycles. The lowest BCUT2D eigenvalue weighted by Gasteiger charge is -2.13. The second-order valence-corrected chi connectivity index (χ2v) is 4.30. The summed E-state index contributed by atoms with van der Waals surface area (Å²) in [7, 11) is 0. The van der Waals surface area contributed by atoms with Gasteiger partial charge < -0.3 is 29.7 Å². The summed E-state index contributed by atoms with van der Waals surface area (Å²) in [6, 6.07) is 5.73. The molecule has 0 aliphatic carbocycles. The third-order valence-corrected chi connectivity index (χ3v) is 2.64. The summed E-state index contributed by atoms with van der Waals surface area (Å²) in [4.78, 5) is 0. The van der Waals surface area contributed by atoms with Crippen molar-refractivity contribution in [2.75, 3.05) is 46.2 Å². The van der Waals surface area contributed by atoms with Gasteiger partial charge in [0.15, 0.2) is 11.5 Å². The number of aliphatic hydroxyl groups is 2. The number of rotatable bonds is 12. The van der Waals surface area contributed by atoms with E-state index in [1.165, 1.54) is 0 Å². The molecule has 1 aromatic rings. The Morgan fingerprint density at radius 3 is 2.52 bits per heavy atom. The summed E-state index contributed by atoms with van der Waals surface area (Å²) in [5.74, 6) is 1.32. The highest BCUT2D eigenvalue weighted by molar-refractivity contribution is 5.43. The minimum atomic E-state index is -0.0251. The molecule has 3 N–H and O–H groups in total. The molecule has 0 fully saturated rings. The van der Waals surface area contributed by atoms with E-state index in [-0.39, 0.29) is 19.8 Å². The normalized spacial score (nSPS) is 10.6. The molecule has 1 rings (SSSR count). The zero-order valence-corrected chi connectivity index (χ0v) is 12.5. The van der Waals surface area contributed by atoms with Crippen LogP contribution in [0.2, 0.25) is 0 Å². The Morgan fingerprint density at radius 1 is 1.00 bits per heavy atom. The SMILES string of the molecule is CCOc1cc(CNCCOCCO)ccc1OCCO. The summed E-state index contributed by atoms with van der Waals surface area (Å²) < 4.78 is 16.1. The van der Waals surface area contributed by atoms with E-state index in [4.69, 9.17) is 24.4 Å². The van der Waals surface area contributed by atoms with Gasteiger partial charge in [0, 0.05) is 13.1 Å². The summed E-state index contributed by atoms with van der Waals surface area (Å²) in [6.45, 7) is 5.09. The third kappa shape index (κ3) is 7.29. The number of hydrogen-bond donors (Lipinski definition) is 3. The van der Waals surface area contributed by atoms with E-state index in [9.17, 15) is 0 Å². The third-order valence-electron chi connectivity index (χ3n) is 2.64. The van der Waals surface area contributed by atoms with Crippen LogP contribution in [0.15, 0.2) is 18.2 Å². The van der Waals surface area contributed by atoms with E-state index in [1.54, 1.807) is 0 Å². The van der Waals surface area contributed by atoms with Gasteiger partial charge in [-0.3, -0.25) is 0 Å². The Bertz CT molecular complexity index is 386. The zero-order valence-electron chi connectivity index (χ0n) is 12.5. The van der Waals surface area contributed by atoms with Gasteiger partial charge in [0.25, 0.3) is 0 Å². The number of nitrogens with one attached hydrogen (secondary N) is 1. The Labute approximate surface area is 125 Å². The average molecular weight is 299 g/mol. The van der Waals surface area contributed by atoms with Crippen LogP contribution in [0.4, 0.5) is 0 Å². The molecular formula is C15H25NO5. The Morgan fingerprint density at radius 2 is 1.81 bits per heavy atom. The molecule has 0 aromatic heterocycles. The summed E-state index contributed by atoms with van der Waals surface area (Å²) in [6.07, 6.45) is 0. The molecule has 0 unspecified atom stereocenters. The van der Waals surface area contributed by atoms with Crippen LogP contribution in [-0.4, -0.2) is 56.4 Å².